The van der Waals surface area contributed by atoms with Gasteiger partial charge in [-0.05, 0) is 85.5 Å². The van der Waals surface area contributed by atoms with E-state index < -0.39 is 28.7 Å². The van der Waals surface area contributed by atoms with Gasteiger partial charge in [-0.2, -0.15) is 9.78 Å². The Bertz CT molecular complexity index is 2110. The Morgan fingerprint density at radius 3 is 2.54 bits per heavy atom. The highest BCUT2D eigenvalue weighted by Crippen LogP contribution is 2.36. The fraction of sp³-hybridized carbons (Fsp3) is 0.200. The van der Waals surface area contributed by atoms with Crippen LogP contribution in [0.15, 0.2) is 87.2 Å². The van der Waals surface area contributed by atoms with Gasteiger partial charge in [0.25, 0.3) is 11.5 Å². The third-order valence-electron chi connectivity index (χ3n) is 7.32. The minimum Gasteiger partial charge on any atom is -0.494 e. The van der Waals surface area contributed by atoms with Crippen LogP contribution in [0.25, 0.3) is 22.3 Å². The summed E-state index contributed by atoms with van der Waals surface area (Å²) in [5.74, 6) is 0.360. The molecule has 48 heavy (non-hydrogen) atoms. The summed E-state index contributed by atoms with van der Waals surface area (Å²) < 4.78 is 13.2. The summed E-state index contributed by atoms with van der Waals surface area (Å²) in [5, 5.41) is 20.1. The maximum absolute atomic E-state index is 14.0. The van der Waals surface area contributed by atoms with Crippen molar-refractivity contribution in [3.63, 3.8) is 0 Å². The predicted octanol–water partition coefficient (Wildman–Crippen LogP) is 8.12. The Balaban J connectivity index is 1.61. The van der Waals surface area contributed by atoms with E-state index in [0.717, 1.165) is 16.9 Å². The zero-order valence-electron chi connectivity index (χ0n) is 26.5. The van der Waals surface area contributed by atoms with E-state index in [1.807, 2.05) is 39.8 Å². The van der Waals surface area contributed by atoms with Gasteiger partial charge in [-0.25, -0.2) is 4.98 Å². The molecule has 1 aromatic heterocycles. The second-order valence-corrected chi connectivity index (χ2v) is 12.4. The molecule has 0 bridgehead atoms. The molecule has 5 rings (SSSR count). The minimum absolute atomic E-state index is 0.105. The number of anilines is 1. The van der Waals surface area contributed by atoms with Gasteiger partial charge in [0.2, 0.25) is 5.75 Å². The molecular formula is C35H31BrClN5O6. The van der Waals surface area contributed by atoms with Crippen molar-refractivity contribution in [2.75, 3.05) is 18.5 Å². The number of ether oxygens (including phenoxy) is 2. The molecule has 5 aromatic rings. The molecule has 0 saturated heterocycles. The summed E-state index contributed by atoms with van der Waals surface area (Å²) >= 11 is 9.24. The van der Waals surface area contributed by atoms with E-state index in [1.54, 1.807) is 54.6 Å². The third-order valence-corrected chi connectivity index (χ3v) is 8.03. The van der Waals surface area contributed by atoms with Gasteiger partial charge in [0, 0.05) is 32.4 Å². The summed E-state index contributed by atoms with van der Waals surface area (Å²) in [4.78, 5) is 43.0. The molecule has 246 valence electrons. The first kappa shape index (κ1) is 34.3. The number of rotatable bonds is 11. The Morgan fingerprint density at radius 1 is 1.12 bits per heavy atom. The molecule has 1 amide bonds. The van der Waals surface area contributed by atoms with Crippen LogP contribution >= 0.6 is 27.5 Å². The van der Waals surface area contributed by atoms with E-state index >= 15 is 0 Å². The van der Waals surface area contributed by atoms with E-state index in [2.05, 4.69) is 26.3 Å². The lowest BCUT2D eigenvalue weighted by Crippen LogP contribution is -2.21. The van der Waals surface area contributed by atoms with Crippen LogP contribution in [0.2, 0.25) is 5.02 Å². The van der Waals surface area contributed by atoms with Gasteiger partial charge in [0.05, 0.1) is 28.6 Å². The van der Waals surface area contributed by atoms with Crippen molar-refractivity contribution in [1.82, 2.24) is 9.66 Å². The number of hydrogen-bond donors (Lipinski definition) is 1. The second kappa shape index (κ2) is 14.8. The largest absolute Gasteiger partial charge is 0.494 e. The average Bonchev–Trinajstić information content (AvgIpc) is 3.04. The number of aryl methyl sites for hydroxylation is 1. The fourth-order valence-electron chi connectivity index (χ4n) is 5.05. The maximum atomic E-state index is 14.0. The number of fused-ring (bicyclic) bond motifs is 1. The molecule has 0 atom stereocenters. The van der Waals surface area contributed by atoms with E-state index in [1.165, 1.54) is 17.0 Å². The maximum Gasteiger partial charge on any atom is 0.312 e. The molecule has 0 aliphatic rings. The summed E-state index contributed by atoms with van der Waals surface area (Å²) in [6, 6.07) is 20.1. The number of halogens is 2. The lowest BCUT2D eigenvalue weighted by molar-refractivity contribution is -0.385. The minimum atomic E-state index is -0.625. The first-order valence-corrected chi connectivity index (χ1v) is 16.1. The van der Waals surface area contributed by atoms with Crippen LogP contribution in [0.3, 0.4) is 0 Å². The number of nitrogens with one attached hydrogen (secondary N) is 1. The number of carbonyl (C=O) groups excluding carboxylic acids is 1. The summed E-state index contributed by atoms with van der Waals surface area (Å²) in [5.41, 5.74) is 2.66. The van der Waals surface area contributed by atoms with E-state index in [9.17, 15) is 19.7 Å². The Hall–Kier alpha value is -5.07. The van der Waals surface area contributed by atoms with Crippen molar-refractivity contribution in [2.45, 2.75) is 33.6 Å². The molecule has 0 fully saturated rings. The fourth-order valence-corrected chi connectivity index (χ4v) is 5.64. The lowest BCUT2D eigenvalue weighted by Gasteiger charge is -2.18. The number of aromatic nitrogens is 2. The van der Waals surface area contributed by atoms with Crippen molar-refractivity contribution < 1.29 is 19.2 Å². The van der Waals surface area contributed by atoms with Crippen LogP contribution in [0, 0.1) is 17.0 Å². The Kier molecular flexibility index (Phi) is 10.6. The zero-order valence-corrected chi connectivity index (χ0v) is 28.8. The molecule has 0 unspecified atom stereocenters. The number of para-hydroxylation sites is 1. The highest BCUT2D eigenvalue weighted by atomic mass is 79.9. The van der Waals surface area contributed by atoms with Gasteiger partial charge in [-0.3, -0.25) is 19.7 Å². The number of hydrogen-bond acceptors (Lipinski definition) is 8. The smallest absolute Gasteiger partial charge is 0.312 e. The standard InChI is InChI=1S/C35H31BrClN5O6/c1-5-47-31-14-21(4)28(17-27(31)20(2)3)34-40-29-9-7-6-8-26(29)35(44)41(34)38-18-22-15-23(36)16-30(42(45)46)33(22)48-19-32(43)39-25-12-10-24(37)11-13-25/h6-18,20H,5,19H2,1-4H3,(H,39,43). The SMILES string of the molecule is CCOc1cc(C)c(-c2nc3ccccc3c(=O)n2N=Cc2cc(Br)cc([N+](=O)[O-])c2OCC(=O)Nc2ccc(Cl)cc2)cc1C(C)C. The van der Waals surface area contributed by atoms with Crippen LogP contribution in [-0.4, -0.2) is 39.9 Å². The molecule has 4 aromatic carbocycles. The van der Waals surface area contributed by atoms with Crippen molar-refractivity contribution >= 4 is 61.9 Å². The molecule has 13 heteroatoms. The molecule has 0 radical (unpaired) electrons. The summed E-state index contributed by atoms with van der Waals surface area (Å²) in [6.07, 6.45) is 1.28. The van der Waals surface area contributed by atoms with Gasteiger partial charge in [0.15, 0.2) is 12.4 Å². The lowest BCUT2D eigenvalue weighted by atomic mass is 9.96. The van der Waals surface area contributed by atoms with Crippen molar-refractivity contribution in [3.05, 3.63) is 119 Å². The monoisotopic (exact) mass is 731 g/mol. The van der Waals surface area contributed by atoms with Gasteiger partial charge in [-0.1, -0.05) is 53.5 Å². The number of nitro benzene ring substituents is 1. The normalized spacial score (nSPS) is 11.3. The van der Waals surface area contributed by atoms with Crippen LogP contribution in [0.1, 0.15) is 43.4 Å². The molecular weight excluding hydrogens is 702 g/mol. The molecule has 0 aliphatic heterocycles. The van der Waals surface area contributed by atoms with Crippen LogP contribution < -0.4 is 20.3 Å². The quantitative estimate of drug-likeness (QED) is 0.0823. The first-order valence-electron chi connectivity index (χ1n) is 15.0. The Labute approximate surface area is 289 Å². The average molecular weight is 733 g/mol. The van der Waals surface area contributed by atoms with Crippen molar-refractivity contribution in [3.8, 4) is 22.9 Å². The number of carbonyl (C=O) groups is 1. The summed E-state index contributed by atoms with van der Waals surface area (Å²) in [6.45, 7) is 7.86. The number of nitrogens with zero attached hydrogens (tertiary/aromatic N) is 4. The highest BCUT2D eigenvalue weighted by molar-refractivity contribution is 9.10. The van der Waals surface area contributed by atoms with Crippen LogP contribution in [0.5, 0.6) is 11.5 Å². The number of amides is 1. The molecule has 0 aliphatic carbocycles. The van der Waals surface area contributed by atoms with E-state index in [0.29, 0.717) is 38.3 Å². The topological polar surface area (TPSA) is 138 Å². The molecule has 0 saturated carbocycles. The predicted molar refractivity (Wildman–Crippen MR) is 191 cm³/mol. The summed E-state index contributed by atoms with van der Waals surface area (Å²) in [7, 11) is 0. The second-order valence-electron chi connectivity index (χ2n) is 11.1. The van der Waals surface area contributed by atoms with Crippen molar-refractivity contribution in [1.29, 1.82) is 0 Å². The number of benzene rings is 4. The number of nitro groups is 1. The molecule has 1 heterocycles. The highest BCUT2D eigenvalue weighted by Gasteiger charge is 2.23. The molecule has 1 N–H and O–H groups in total. The van der Waals surface area contributed by atoms with Gasteiger partial charge >= 0.3 is 5.69 Å². The van der Waals surface area contributed by atoms with E-state index in [-0.39, 0.29) is 23.1 Å². The molecule has 0 spiro atoms. The van der Waals surface area contributed by atoms with Crippen molar-refractivity contribution in [2.24, 2.45) is 5.10 Å². The van der Waals surface area contributed by atoms with Gasteiger partial charge in [0.1, 0.15) is 5.75 Å². The molecule has 11 nitrogen and oxygen atoms in total. The van der Waals surface area contributed by atoms with Crippen LogP contribution in [-0.2, 0) is 4.79 Å². The van der Waals surface area contributed by atoms with Crippen LogP contribution in [0.4, 0.5) is 11.4 Å². The Morgan fingerprint density at radius 2 is 1.85 bits per heavy atom. The first-order chi connectivity index (χ1) is 23.0. The third kappa shape index (κ3) is 7.56. The van der Waals surface area contributed by atoms with Gasteiger partial charge in [-0.15, -0.1) is 0 Å². The zero-order chi connectivity index (χ0) is 34.5. The van der Waals surface area contributed by atoms with E-state index in [4.69, 9.17) is 26.1 Å². The van der Waals surface area contributed by atoms with Gasteiger partial charge < -0.3 is 14.8 Å².